The van der Waals surface area contributed by atoms with E-state index in [2.05, 4.69) is 26.3 Å². The summed E-state index contributed by atoms with van der Waals surface area (Å²) in [5, 5.41) is 7.46. The second-order valence-electron chi connectivity index (χ2n) is 4.50. The molecule has 1 saturated carbocycles. The van der Waals surface area contributed by atoms with Gasteiger partial charge in [0.15, 0.2) is 0 Å². The van der Waals surface area contributed by atoms with Gasteiger partial charge in [0.2, 0.25) is 5.91 Å². The number of hydrogen-bond acceptors (Lipinski definition) is 3. The summed E-state index contributed by atoms with van der Waals surface area (Å²) < 4.78 is 2.67. The molecule has 1 fully saturated rings. The highest BCUT2D eigenvalue weighted by atomic mass is 79.9. The van der Waals surface area contributed by atoms with E-state index in [9.17, 15) is 4.79 Å². The number of nitrogens with one attached hydrogen (secondary N) is 1. The smallest absolute Gasteiger partial charge is 0.239 e. The number of rotatable bonds is 6. The highest BCUT2D eigenvalue weighted by Gasteiger charge is 2.49. The third-order valence-corrected chi connectivity index (χ3v) is 3.63. The molecular formula is C11H17BrN4O. The molecule has 94 valence electrons. The van der Waals surface area contributed by atoms with E-state index in [1.54, 1.807) is 10.9 Å². The maximum atomic E-state index is 11.8. The Hall–Kier alpha value is -0.880. The summed E-state index contributed by atoms with van der Waals surface area (Å²) in [4.78, 5) is 11.8. The van der Waals surface area contributed by atoms with Gasteiger partial charge in [-0.2, -0.15) is 5.10 Å². The summed E-state index contributed by atoms with van der Waals surface area (Å²) in [5.74, 6) is 0.0522. The first kappa shape index (κ1) is 12.6. The number of hydrogen-bond donors (Lipinski definition) is 2. The molecule has 3 N–H and O–H groups in total. The first-order valence-electron chi connectivity index (χ1n) is 5.81. The molecule has 1 aromatic rings. The lowest BCUT2D eigenvalue weighted by molar-refractivity contribution is -0.126. The average molecular weight is 301 g/mol. The first-order chi connectivity index (χ1) is 8.08. The molecule has 1 unspecified atom stereocenters. The van der Waals surface area contributed by atoms with Crippen LogP contribution in [0.4, 0.5) is 0 Å². The van der Waals surface area contributed by atoms with Gasteiger partial charge >= 0.3 is 0 Å². The second kappa shape index (κ2) is 4.78. The first-order valence-corrected chi connectivity index (χ1v) is 6.60. The van der Waals surface area contributed by atoms with Crippen molar-refractivity contribution in [3.05, 3.63) is 16.9 Å². The summed E-state index contributed by atoms with van der Waals surface area (Å²) in [5.41, 5.74) is 4.95. The van der Waals surface area contributed by atoms with Gasteiger partial charge in [0.25, 0.3) is 0 Å². The number of primary amides is 1. The van der Waals surface area contributed by atoms with Crippen molar-refractivity contribution in [2.45, 2.75) is 31.8 Å². The molecule has 1 heterocycles. The van der Waals surface area contributed by atoms with Crippen molar-refractivity contribution in [2.24, 2.45) is 11.7 Å². The Labute approximate surface area is 109 Å². The minimum Gasteiger partial charge on any atom is -0.368 e. The fraction of sp³-hybridized carbons (Fsp3) is 0.636. The van der Waals surface area contributed by atoms with E-state index in [1.165, 1.54) is 0 Å². The lowest BCUT2D eigenvalue weighted by Crippen LogP contribution is -2.59. The lowest BCUT2D eigenvalue weighted by Gasteiger charge is -2.31. The van der Waals surface area contributed by atoms with Gasteiger partial charge in [-0.05, 0) is 41.2 Å². The van der Waals surface area contributed by atoms with E-state index >= 15 is 0 Å². The van der Waals surface area contributed by atoms with Crippen LogP contribution in [0.1, 0.15) is 19.8 Å². The molecule has 1 atom stereocenters. The highest BCUT2D eigenvalue weighted by Crippen LogP contribution is 2.40. The summed E-state index contributed by atoms with van der Waals surface area (Å²) >= 11 is 3.35. The Balaban J connectivity index is 2.22. The Bertz CT molecular complexity index is 415. The molecular weight excluding hydrogens is 284 g/mol. The van der Waals surface area contributed by atoms with Crippen molar-refractivity contribution >= 4 is 21.8 Å². The van der Waals surface area contributed by atoms with Crippen LogP contribution in [0.3, 0.4) is 0 Å². The predicted molar refractivity (Wildman–Crippen MR) is 68.3 cm³/mol. The molecule has 0 aliphatic heterocycles. The summed E-state index contributed by atoms with van der Waals surface area (Å²) in [6, 6.07) is 0. The monoisotopic (exact) mass is 300 g/mol. The topological polar surface area (TPSA) is 72.9 Å². The van der Waals surface area contributed by atoms with Crippen LogP contribution in [0, 0.1) is 5.92 Å². The SMILES string of the molecule is CCNC(Cn1cc(Br)cn1)(C(N)=O)C1CC1. The number of carbonyl (C=O) groups excluding carboxylic acids is 1. The van der Waals surface area contributed by atoms with Crippen LogP contribution in [0.15, 0.2) is 16.9 Å². The zero-order valence-corrected chi connectivity index (χ0v) is 11.4. The van der Waals surface area contributed by atoms with E-state index < -0.39 is 5.54 Å². The Morgan fingerprint density at radius 2 is 2.47 bits per heavy atom. The molecule has 0 spiro atoms. The minimum absolute atomic E-state index is 0.284. The molecule has 17 heavy (non-hydrogen) atoms. The molecule has 0 bridgehead atoms. The zero-order valence-electron chi connectivity index (χ0n) is 9.82. The molecule has 1 aromatic heterocycles. The van der Waals surface area contributed by atoms with E-state index in [-0.39, 0.29) is 5.91 Å². The molecule has 1 aliphatic carbocycles. The predicted octanol–water partition coefficient (Wildman–Crippen LogP) is 0.889. The number of nitrogens with zero attached hydrogens (tertiary/aromatic N) is 2. The molecule has 0 saturated heterocycles. The third kappa shape index (κ3) is 2.52. The van der Waals surface area contributed by atoms with E-state index in [0.717, 1.165) is 23.9 Å². The van der Waals surface area contributed by atoms with Gasteiger partial charge in [0, 0.05) is 6.20 Å². The molecule has 2 rings (SSSR count). The molecule has 1 amide bonds. The van der Waals surface area contributed by atoms with Crippen molar-refractivity contribution in [1.29, 1.82) is 0 Å². The minimum atomic E-state index is -0.653. The van der Waals surface area contributed by atoms with Crippen LogP contribution in [-0.2, 0) is 11.3 Å². The van der Waals surface area contributed by atoms with Crippen LogP contribution in [0.2, 0.25) is 0 Å². The van der Waals surface area contributed by atoms with Crippen LogP contribution in [-0.4, -0.2) is 27.8 Å². The Morgan fingerprint density at radius 3 is 2.88 bits per heavy atom. The van der Waals surface area contributed by atoms with Crippen LogP contribution >= 0.6 is 15.9 Å². The van der Waals surface area contributed by atoms with E-state index in [1.807, 2.05) is 13.1 Å². The van der Waals surface area contributed by atoms with E-state index in [4.69, 9.17) is 5.73 Å². The largest absolute Gasteiger partial charge is 0.368 e. The van der Waals surface area contributed by atoms with Gasteiger partial charge in [-0.1, -0.05) is 6.92 Å². The molecule has 5 nitrogen and oxygen atoms in total. The van der Waals surface area contributed by atoms with Crippen molar-refractivity contribution in [3.8, 4) is 0 Å². The standard InChI is InChI=1S/C11H17BrN4O/c1-2-14-11(10(13)17,8-3-4-8)7-16-6-9(12)5-15-16/h5-6,8,14H,2-4,7H2,1H3,(H2,13,17). The fourth-order valence-corrected chi connectivity index (χ4v) is 2.60. The zero-order chi connectivity index (χ0) is 12.5. The van der Waals surface area contributed by atoms with Crippen LogP contribution in [0.25, 0.3) is 0 Å². The van der Waals surface area contributed by atoms with Crippen molar-refractivity contribution in [1.82, 2.24) is 15.1 Å². The van der Waals surface area contributed by atoms with E-state index in [0.29, 0.717) is 12.5 Å². The number of aromatic nitrogens is 2. The average Bonchev–Trinajstić information content (AvgIpc) is 3.03. The van der Waals surface area contributed by atoms with Crippen molar-refractivity contribution in [2.75, 3.05) is 6.54 Å². The summed E-state index contributed by atoms with van der Waals surface area (Å²) in [6.07, 6.45) is 5.68. The molecule has 0 radical (unpaired) electrons. The Kier molecular flexibility index (Phi) is 3.53. The Morgan fingerprint density at radius 1 is 1.76 bits per heavy atom. The number of likely N-dealkylation sites (N-methyl/N-ethyl adjacent to an activating group) is 1. The third-order valence-electron chi connectivity index (χ3n) is 3.22. The fourth-order valence-electron chi connectivity index (χ4n) is 2.27. The van der Waals surface area contributed by atoms with Crippen molar-refractivity contribution < 1.29 is 4.79 Å². The normalized spacial score (nSPS) is 18.9. The maximum Gasteiger partial charge on any atom is 0.239 e. The van der Waals surface area contributed by atoms with Gasteiger partial charge < -0.3 is 11.1 Å². The summed E-state index contributed by atoms with van der Waals surface area (Å²) in [7, 11) is 0. The number of halogens is 1. The van der Waals surface area contributed by atoms with Crippen LogP contribution < -0.4 is 11.1 Å². The van der Waals surface area contributed by atoms with Crippen molar-refractivity contribution in [3.63, 3.8) is 0 Å². The van der Waals surface area contributed by atoms with Gasteiger partial charge in [-0.15, -0.1) is 0 Å². The summed E-state index contributed by atoms with van der Waals surface area (Å²) in [6.45, 7) is 3.20. The number of amides is 1. The number of nitrogens with two attached hydrogens (primary N) is 1. The quantitative estimate of drug-likeness (QED) is 0.819. The second-order valence-corrected chi connectivity index (χ2v) is 5.41. The molecule has 6 heteroatoms. The van der Waals surface area contributed by atoms with Gasteiger partial charge in [0.1, 0.15) is 5.54 Å². The van der Waals surface area contributed by atoms with Gasteiger partial charge in [-0.25, -0.2) is 0 Å². The highest BCUT2D eigenvalue weighted by molar-refractivity contribution is 9.10. The van der Waals surface area contributed by atoms with Gasteiger partial charge in [-0.3, -0.25) is 9.48 Å². The number of carbonyl (C=O) groups is 1. The molecule has 1 aliphatic rings. The van der Waals surface area contributed by atoms with Gasteiger partial charge in [0.05, 0.1) is 17.2 Å². The van der Waals surface area contributed by atoms with Crippen LogP contribution in [0.5, 0.6) is 0 Å². The lowest BCUT2D eigenvalue weighted by atomic mass is 9.92. The molecule has 0 aromatic carbocycles. The maximum absolute atomic E-state index is 11.8.